The molecule has 0 amide bonds. The van der Waals surface area contributed by atoms with Crippen molar-refractivity contribution < 1.29 is 14.3 Å². The molecular formula is C20H24N4O3. The monoisotopic (exact) mass is 368 g/mol. The normalized spacial score (nSPS) is 16.1. The Morgan fingerprint density at radius 2 is 1.93 bits per heavy atom. The van der Waals surface area contributed by atoms with Crippen LogP contribution in [0, 0.1) is 17.2 Å². The third-order valence-corrected chi connectivity index (χ3v) is 4.83. The Labute approximate surface area is 158 Å². The lowest BCUT2D eigenvalue weighted by Gasteiger charge is -2.32. The number of rotatable bonds is 6. The summed E-state index contributed by atoms with van der Waals surface area (Å²) in [5.74, 6) is -0.473. The SMILES string of the molecule is COCCOC(=O)[C@H](C#N)c1nc2ccccc2nc1N1CCC(C)CC1. The Morgan fingerprint density at radius 1 is 1.26 bits per heavy atom. The van der Waals surface area contributed by atoms with Crippen molar-refractivity contribution in [3.8, 4) is 6.07 Å². The number of esters is 1. The van der Waals surface area contributed by atoms with Crippen molar-refractivity contribution in [1.29, 1.82) is 5.26 Å². The minimum absolute atomic E-state index is 0.102. The van der Waals surface area contributed by atoms with Gasteiger partial charge in [0.1, 0.15) is 12.3 Å². The fourth-order valence-electron chi connectivity index (χ4n) is 3.19. The Hall–Kier alpha value is -2.72. The van der Waals surface area contributed by atoms with Gasteiger partial charge in [0.15, 0.2) is 11.7 Å². The number of piperidine rings is 1. The summed E-state index contributed by atoms with van der Waals surface area (Å²) in [4.78, 5) is 24.0. The van der Waals surface area contributed by atoms with Crippen molar-refractivity contribution in [3.05, 3.63) is 30.0 Å². The Bertz CT molecular complexity index is 841. The number of carbonyl (C=O) groups excluding carboxylic acids is 1. The van der Waals surface area contributed by atoms with Gasteiger partial charge >= 0.3 is 5.97 Å². The average Bonchev–Trinajstić information content (AvgIpc) is 2.69. The third kappa shape index (κ3) is 4.34. The van der Waals surface area contributed by atoms with Crippen LogP contribution >= 0.6 is 0 Å². The van der Waals surface area contributed by atoms with E-state index in [9.17, 15) is 10.1 Å². The summed E-state index contributed by atoms with van der Waals surface area (Å²) < 4.78 is 10.1. The van der Waals surface area contributed by atoms with E-state index in [4.69, 9.17) is 14.5 Å². The summed E-state index contributed by atoms with van der Waals surface area (Å²) in [6.45, 7) is 4.28. The number of nitriles is 1. The average molecular weight is 368 g/mol. The van der Waals surface area contributed by atoms with Crippen molar-refractivity contribution >= 4 is 22.8 Å². The first kappa shape index (κ1) is 19.1. The molecule has 27 heavy (non-hydrogen) atoms. The van der Waals surface area contributed by atoms with E-state index in [0.29, 0.717) is 22.9 Å². The Morgan fingerprint density at radius 3 is 2.56 bits per heavy atom. The first-order chi connectivity index (χ1) is 13.1. The van der Waals surface area contributed by atoms with Gasteiger partial charge < -0.3 is 14.4 Å². The molecule has 1 aromatic carbocycles. The second-order valence-corrected chi connectivity index (χ2v) is 6.81. The van der Waals surface area contributed by atoms with E-state index < -0.39 is 11.9 Å². The molecule has 0 spiro atoms. The van der Waals surface area contributed by atoms with Gasteiger partial charge in [0, 0.05) is 20.2 Å². The highest BCUT2D eigenvalue weighted by Gasteiger charge is 2.31. The third-order valence-electron chi connectivity index (χ3n) is 4.83. The van der Waals surface area contributed by atoms with Crippen molar-refractivity contribution in [2.24, 2.45) is 5.92 Å². The molecule has 1 fully saturated rings. The smallest absolute Gasteiger partial charge is 0.329 e. The molecule has 0 N–H and O–H groups in total. The summed E-state index contributed by atoms with van der Waals surface area (Å²) in [5, 5.41) is 9.67. The van der Waals surface area contributed by atoms with Crippen LogP contribution in [0.1, 0.15) is 31.4 Å². The molecule has 7 nitrogen and oxygen atoms in total. The molecule has 7 heteroatoms. The van der Waals surface area contributed by atoms with Gasteiger partial charge in [-0.2, -0.15) is 5.26 Å². The number of hydrogen-bond acceptors (Lipinski definition) is 7. The highest BCUT2D eigenvalue weighted by molar-refractivity contribution is 5.85. The van der Waals surface area contributed by atoms with Crippen LogP contribution in [-0.4, -0.2) is 49.4 Å². The maximum Gasteiger partial charge on any atom is 0.329 e. The molecule has 1 saturated heterocycles. The number of para-hydroxylation sites is 2. The van der Waals surface area contributed by atoms with E-state index in [1.54, 1.807) is 0 Å². The minimum atomic E-state index is -1.12. The van der Waals surface area contributed by atoms with Gasteiger partial charge in [-0.1, -0.05) is 19.1 Å². The van der Waals surface area contributed by atoms with E-state index >= 15 is 0 Å². The maximum absolute atomic E-state index is 12.5. The van der Waals surface area contributed by atoms with Crippen molar-refractivity contribution in [3.63, 3.8) is 0 Å². The molecule has 3 rings (SSSR count). The van der Waals surface area contributed by atoms with Crippen molar-refractivity contribution in [2.45, 2.75) is 25.7 Å². The molecule has 1 aliphatic heterocycles. The molecule has 0 bridgehead atoms. The van der Waals surface area contributed by atoms with E-state index in [-0.39, 0.29) is 13.2 Å². The number of fused-ring (bicyclic) bond motifs is 1. The molecular weight excluding hydrogens is 344 g/mol. The zero-order chi connectivity index (χ0) is 19.2. The highest BCUT2D eigenvalue weighted by atomic mass is 16.6. The number of methoxy groups -OCH3 is 1. The lowest BCUT2D eigenvalue weighted by Crippen LogP contribution is -2.35. The van der Waals surface area contributed by atoms with E-state index in [1.165, 1.54) is 7.11 Å². The summed E-state index contributed by atoms with van der Waals surface area (Å²) in [7, 11) is 1.53. The molecule has 0 unspecified atom stereocenters. The Kier molecular flexibility index (Phi) is 6.20. The van der Waals surface area contributed by atoms with Crippen molar-refractivity contribution in [2.75, 3.05) is 38.3 Å². The second-order valence-electron chi connectivity index (χ2n) is 6.81. The Balaban J connectivity index is 1.99. The summed E-state index contributed by atoms with van der Waals surface area (Å²) in [6, 6.07) is 9.54. The number of nitrogens with zero attached hydrogens (tertiary/aromatic N) is 4. The minimum Gasteiger partial charge on any atom is -0.462 e. The van der Waals surface area contributed by atoms with Crippen LogP contribution < -0.4 is 4.90 Å². The first-order valence-electron chi connectivity index (χ1n) is 9.21. The molecule has 0 saturated carbocycles. The number of anilines is 1. The second kappa shape index (κ2) is 8.78. The zero-order valence-corrected chi connectivity index (χ0v) is 15.7. The number of carbonyl (C=O) groups is 1. The first-order valence-corrected chi connectivity index (χ1v) is 9.21. The van der Waals surface area contributed by atoms with Crippen LogP contribution in [0.4, 0.5) is 5.82 Å². The van der Waals surface area contributed by atoms with Crippen LogP contribution in [0.5, 0.6) is 0 Å². The fourth-order valence-corrected chi connectivity index (χ4v) is 3.19. The van der Waals surface area contributed by atoms with E-state index in [1.807, 2.05) is 24.3 Å². The number of ether oxygens (including phenoxy) is 2. The van der Waals surface area contributed by atoms with Crippen LogP contribution in [0.15, 0.2) is 24.3 Å². The largest absolute Gasteiger partial charge is 0.462 e. The number of aromatic nitrogens is 2. The predicted octanol–water partition coefficient (Wildman–Crippen LogP) is 2.66. The molecule has 1 atom stereocenters. The summed E-state index contributed by atoms with van der Waals surface area (Å²) >= 11 is 0. The summed E-state index contributed by atoms with van der Waals surface area (Å²) in [6.07, 6.45) is 2.09. The van der Waals surface area contributed by atoms with Crippen LogP contribution in [0.2, 0.25) is 0 Å². The molecule has 2 heterocycles. The van der Waals surface area contributed by atoms with Gasteiger partial charge in [0.05, 0.1) is 23.7 Å². The predicted molar refractivity (Wildman–Crippen MR) is 101 cm³/mol. The van der Waals surface area contributed by atoms with Gasteiger partial charge in [-0.05, 0) is 30.9 Å². The van der Waals surface area contributed by atoms with E-state index in [2.05, 4.69) is 22.9 Å². The molecule has 2 aromatic rings. The molecule has 1 aromatic heterocycles. The van der Waals surface area contributed by atoms with Crippen LogP contribution in [0.25, 0.3) is 11.0 Å². The molecule has 1 aliphatic rings. The topological polar surface area (TPSA) is 88.3 Å². The molecule has 0 radical (unpaired) electrons. The van der Waals surface area contributed by atoms with Gasteiger partial charge in [0.25, 0.3) is 0 Å². The quantitative estimate of drug-likeness (QED) is 0.572. The van der Waals surface area contributed by atoms with Gasteiger partial charge in [-0.15, -0.1) is 0 Å². The van der Waals surface area contributed by atoms with Crippen LogP contribution in [0.3, 0.4) is 0 Å². The highest BCUT2D eigenvalue weighted by Crippen LogP contribution is 2.30. The molecule has 0 aliphatic carbocycles. The number of hydrogen-bond donors (Lipinski definition) is 0. The van der Waals surface area contributed by atoms with Gasteiger partial charge in [-0.3, -0.25) is 4.79 Å². The van der Waals surface area contributed by atoms with Crippen LogP contribution in [-0.2, 0) is 14.3 Å². The lowest BCUT2D eigenvalue weighted by atomic mass is 9.98. The number of benzene rings is 1. The van der Waals surface area contributed by atoms with E-state index in [0.717, 1.165) is 31.4 Å². The summed E-state index contributed by atoms with van der Waals surface area (Å²) in [5.41, 5.74) is 1.78. The fraction of sp³-hybridized carbons (Fsp3) is 0.500. The van der Waals surface area contributed by atoms with Gasteiger partial charge in [0.2, 0.25) is 0 Å². The van der Waals surface area contributed by atoms with Gasteiger partial charge in [-0.25, -0.2) is 9.97 Å². The molecule has 142 valence electrons. The van der Waals surface area contributed by atoms with Crippen molar-refractivity contribution in [1.82, 2.24) is 9.97 Å². The zero-order valence-electron chi connectivity index (χ0n) is 15.7. The lowest BCUT2D eigenvalue weighted by molar-refractivity contribution is -0.145. The standard InChI is InChI=1S/C20H24N4O3/c1-14-7-9-24(10-8-14)19-18(15(13-21)20(25)27-12-11-26-2)22-16-5-3-4-6-17(16)23-19/h3-6,14-15H,7-12H2,1-2H3/t15-/m1/s1. The maximum atomic E-state index is 12.5.